The molecule has 0 unspecified atom stereocenters. The zero-order chi connectivity index (χ0) is 15.0. The van der Waals surface area contributed by atoms with Crippen LogP contribution in [0.4, 0.5) is 5.69 Å². The third-order valence-corrected chi connectivity index (χ3v) is 4.69. The van der Waals surface area contributed by atoms with Crippen molar-refractivity contribution in [3.8, 4) is 11.4 Å². The predicted molar refractivity (Wildman–Crippen MR) is 84.0 cm³/mol. The number of tetrazole rings is 1. The van der Waals surface area contributed by atoms with E-state index in [-0.39, 0.29) is 0 Å². The van der Waals surface area contributed by atoms with Crippen LogP contribution >= 0.6 is 11.6 Å². The molecular formula is C15H20ClN5. The van der Waals surface area contributed by atoms with Crippen molar-refractivity contribution in [2.75, 3.05) is 5.73 Å². The van der Waals surface area contributed by atoms with Crippen LogP contribution < -0.4 is 5.73 Å². The number of aromatic nitrogens is 4. The van der Waals surface area contributed by atoms with E-state index in [1.807, 2.05) is 16.8 Å². The Bertz CT molecular complexity index is 639. The summed E-state index contributed by atoms with van der Waals surface area (Å²) in [6.45, 7) is 4.64. The van der Waals surface area contributed by atoms with Gasteiger partial charge in [-0.15, -0.1) is 5.10 Å². The number of rotatable bonds is 2. The van der Waals surface area contributed by atoms with Gasteiger partial charge in [0.1, 0.15) is 0 Å². The lowest BCUT2D eigenvalue weighted by atomic mass is 9.75. The van der Waals surface area contributed by atoms with Crippen LogP contribution in [0.3, 0.4) is 0 Å². The minimum Gasteiger partial charge on any atom is -0.399 e. The molecule has 0 saturated heterocycles. The van der Waals surface area contributed by atoms with E-state index in [1.54, 1.807) is 6.07 Å². The molecule has 1 fully saturated rings. The highest BCUT2D eigenvalue weighted by Gasteiger charge is 2.30. The molecule has 2 aromatic rings. The molecule has 1 aliphatic carbocycles. The summed E-state index contributed by atoms with van der Waals surface area (Å²) in [5, 5.41) is 12.8. The van der Waals surface area contributed by atoms with Gasteiger partial charge in [0.2, 0.25) is 0 Å². The van der Waals surface area contributed by atoms with Crippen LogP contribution in [0.1, 0.15) is 45.6 Å². The van der Waals surface area contributed by atoms with E-state index in [9.17, 15) is 0 Å². The predicted octanol–water partition coefficient (Wildman–Crippen LogP) is 3.72. The average Bonchev–Trinajstić information content (AvgIpc) is 2.88. The molecule has 1 aromatic carbocycles. The second-order valence-corrected chi connectivity index (χ2v) is 6.99. The first-order chi connectivity index (χ1) is 9.96. The first kappa shape index (κ1) is 14.3. The van der Waals surface area contributed by atoms with Gasteiger partial charge < -0.3 is 5.73 Å². The summed E-state index contributed by atoms with van der Waals surface area (Å²) in [5.74, 6) is 0.727. The summed E-state index contributed by atoms with van der Waals surface area (Å²) >= 11 is 6.29. The molecule has 0 spiro atoms. The van der Waals surface area contributed by atoms with Crippen molar-refractivity contribution in [1.29, 1.82) is 0 Å². The smallest absolute Gasteiger partial charge is 0.183 e. The van der Waals surface area contributed by atoms with E-state index in [0.717, 1.165) is 24.2 Å². The molecular weight excluding hydrogens is 286 g/mol. The van der Waals surface area contributed by atoms with E-state index < -0.39 is 0 Å². The third kappa shape index (κ3) is 2.88. The number of nitrogens with two attached hydrogens (primary N) is 1. The number of hydrogen-bond donors (Lipinski definition) is 1. The second kappa shape index (κ2) is 5.30. The fourth-order valence-electron chi connectivity index (χ4n) is 2.96. The Hall–Kier alpha value is -1.62. The Kier molecular flexibility index (Phi) is 3.61. The van der Waals surface area contributed by atoms with Crippen LogP contribution in [-0.2, 0) is 0 Å². The maximum absolute atomic E-state index is 6.29. The van der Waals surface area contributed by atoms with E-state index in [0.29, 0.717) is 22.2 Å². The van der Waals surface area contributed by atoms with Crippen LogP contribution in [0.2, 0.25) is 5.02 Å². The molecule has 1 saturated carbocycles. The van der Waals surface area contributed by atoms with Gasteiger partial charge in [0.15, 0.2) is 5.82 Å². The van der Waals surface area contributed by atoms with E-state index >= 15 is 0 Å². The number of benzene rings is 1. The molecule has 3 rings (SSSR count). The Labute approximate surface area is 129 Å². The molecule has 21 heavy (non-hydrogen) atoms. The minimum absolute atomic E-state index is 0.344. The van der Waals surface area contributed by atoms with Gasteiger partial charge in [-0.2, -0.15) is 0 Å². The van der Waals surface area contributed by atoms with Crippen LogP contribution in [-0.4, -0.2) is 20.2 Å². The molecule has 0 aliphatic heterocycles. The molecule has 2 N–H and O–H groups in total. The zero-order valence-corrected chi connectivity index (χ0v) is 13.1. The number of nitrogens with zero attached hydrogens (tertiary/aromatic N) is 4. The third-order valence-electron chi connectivity index (χ3n) is 4.38. The van der Waals surface area contributed by atoms with Crippen molar-refractivity contribution in [1.82, 2.24) is 20.2 Å². The summed E-state index contributed by atoms with van der Waals surface area (Å²) in [4.78, 5) is 0. The molecule has 1 aliphatic rings. The van der Waals surface area contributed by atoms with Crippen LogP contribution in [0.15, 0.2) is 18.2 Å². The van der Waals surface area contributed by atoms with Crippen LogP contribution in [0, 0.1) is 5.41 Å². The van der Waals surface area contributed by atoms with Gasteiger partial charge in [-0.1, -0.05) is 25.4 Å². The van der Waals surface area contributed by atoms with Crippen molar-refractivity contribution in [3.63, 3.8) is 0 Å². The fourth-order valence-corrected chi connectivity index (χ4v) is 3.23. The number of halogens is 1. The Morgan fingerprint density at radius 3 is 2.67 bits per heavy atom. The molecule has 6 heteroatoms. The van der Waals surface area contributed by atoms with Crippen molar-refractivity contribution in [2.24, 2.45) is 5.41 Å². The summed E-state index contributed by atoms with van der Waals surface area (Å²) in [5.41, 5.74) is 7.64. The highest BCUT2D eigenvalue weighted by molar-refractivity contribution is 6.33. The Morgan fingerprint density at radius 2 is 2.00 bits per heavy atom. The summed E-state index contributed by atoms with van der Waals surface area (Å²) in [7, 11) is 0. The minimum atomic E-state index is 0.344. The number of nitrogen functional groups attached to an aromatic ring is 1. The molecule has 112 valence electrons. The standard InChI is InChI=1S/C15H20ClN5/c1-15(2)7-5-11(6-8-15)21-14(18-19-20-21)12-4-3-10(17)9-13(12)16/h3-4,9,11H,5-8,17H2,1-2H3. The van der Waals surface area contributed by atoms with Gasteiger partial charge >= 0.3 is 0 Å². The molecule has 1 aromatic heterocycles. The van der Waals surface area contributed by atoms with Crippen LogP contribution in [0.5, 0.6) is 0 Å². The van der Waals surface area contributed by atoms with Gasteiger partial charge in [0, 0.05) is 11.3 Å². The second-order valence-electron chi connectivity index (χ2n) is 6.58. The quantitative estimate of drug-likeness (QED) is 0.859. The first-order valence-corrected chi connectivity index (χ1v) is 7.67. The zero-order valence-electron chi connectivity index (χ0n) is 12.4. The Morgan fingerprint density at radius 1 is 1.29 bits per heavy atom. The lowest BCUT2D eigenvalue weighted by molar-refractivity contribution is 0.185. The van der Waals surface area contributed by atoms with Gasteiger partial charge in [0.05, 0.1) is 11.1 Å². The fraction of sp³-hybridized carbons (Fsp3) is 0.533. The first-order valence-electron chi connectivity index (χ1n) is 7.29. The van der Waals surface area contributed by atoms with Crippen molar-refractivity contribution >= 4 is 17.3 Å². The highest BCUT2D eigenvalue weighted by Crippen LogP contribution is 2.41. The molecule has 0 bridgehead atoms. The maximum Gasteiger partial charge on any atom is 0.183 e. The van der Waals surface area contributed by atoms with Gasteiger partial charge in [-0.3, -0.25) is 0 Å². The molecule has 1 heterocycles. The van der Waals surface area contributed by atoms with Crippen LogP contribution in [0.25, 0.3) is 11.4 Å². The van der Waals surface area contributed by atoms with Gasteiger partial charge in [0.25, 0.3) is 0 Å². The lowest BCUT2D eigenvalue weighted by Crippen LogP contribution is -2.24. The van der Waals surface area contributed by atoms with Gasteiger partial charge in [-0.05, 0) is 59.7 Å². The normalized spacial score (nSPS) is 18.8. The van der Waals surface area contributed by atoms with Crippen molar-refractivity contribution in [3.05, 3.63) is 23.2 Å². The topological polar surface area (TPSA) is 69.6 Å². The van der Waals surface area contributed by atoms with E-state index in [1.165, 1.54) is 12.8 Å². The van der Waals surface area contributed by atoms with Crippen molar-refractivity contribution in [2.45, 2.75) is 45.6 Å². The number of hydrogen-bond acceptors (Lipinski definition) is 4. The Balaban J connectivity index is 1.91. The SMILES string of the molecule is CC1(C)CCC(n2nnnc2-c2ccc(N)cc2Cl)CC1. The number of anilines is 1. The lowest BCUT2D eigenvalue weighted by Gasteiger charge is -2.34. The van der Waals surface area contributed by atoms with E-state index in [4.69, 9.17) is 17.3 Å². The van der Waals surface area contributed by atoms with Gasteiger partial charge in [-0.25, -0.2) is 4.68 Å². The van der Waals surface area contributed by atoms with Crippen molar-refractivity contribution < 1.29 is 0 Å². The maximum atomic E-state index is 6.29. The monoisotopic (exact) mass is 305 g/mol. The molecule has 0 atom stereocenters. The average molecular weight is 306 g/mol. The molecule has 0 radical (unpaired) electrons. The summed E-state index contributed by atoms with van der Waals surface area (Å²) < 4.78 is 1.92. The highest BCUT2D eigenvalue weighted by atomic mass is 35.5. The largest absolute Gasteiger partial charge is 0.399 e. The molecule has 5 nitrogen and oxygen atoms in total. The summed E-state index contributed by atoms with van der Waals surface area (Å²) in [6, 6.07) is 5.79. The summed E-state index contributed by atoms with van der Waals surface area (Å²) in [6.07, 6.45) is 4.56. The van der Waals surface area contributed by atoms with E-state index in [2.05, 4.69) is 29.4 Å². The molecule has 0 amide bonds.